The lowest BCUT2D eigenvalue weighted by Gasteiger charge is -2.27. The van der Waals surface area contributed by atoms with Crippen LogP contribution in [0.2, 0.25) is 0 Å². The highest BCUT2D eigenvalue weighted by atomic mass is 19.1. The minimum atomic E-state index is -0.832. The lowest BCUT2D eigenvalue weighted by Crippen LogP contribution is -2.40. The number of methoxy groups -OCH3 is 1. The Labute approximate surface area is 116 Å². The van der Waals surface area contributed by atoms with Gasteiger partial charge in [0.15, 0.2) is 17.4 Å². The second-order valence-electron chi connectivity index (χ2n) is 5.04. The molecule has 0 radical (unpaired) electrons. The summed E-state index contributed by atoms with van der Waals surface area (Å²) in [5.41, 5.74) is 0.108. The Hall–Kier alpha value is -1.69. The number of piperidine rings is 1. The summed E-state index contributed by atoms with van der Waals surface area (Å²) in [4.78, 5) is 12.1. The van der Waals surface area contributed by atoms with E-state index in [0.717, 1.165) is 25.1 Å². The van der Waals surface area contributed by atoms with Crippen molar-refractivity contribution >= 4 is 11.6 Å². The first kappa shape index (κ1) is 14.7. The number of carbonyl (C=O) groups excluding carboxylic acids is 1. The van der Waals surface area contributed by atoms with Gasteiger partial charge in [-0.05, 0) is 26.3 Å². The number of benzene rings is 1. The van der Waals surface area contributed by atoms with Gasteiger partial charge >= 0.3 is 0 Å². The van der Waals surface area contributed by atoms with Crippen LogP contribution in [-0.2, 0) is 4.79 Å². The lowest BCUT2D eigenvalue weighted by atomic mass is 9.92. The molecule has 1 amide bonds. The summed E-state index contributed by atoms with van der Waals surface area (Å²) in [7, 11) is 1.19. The third kappa shape index (κ3) is 3.25. The molecular weight excluding hydrogens is 266 g/mol. The van der Waals surface area contributed by atoms with Crippen LogP contribution in [-0.4, -0.2) is 25.6 Å². The highest BCUT2D eigenvalue weighted by molar-refractivity contribution is 5.92. The van der Waals surface area contributed by atoms with Crippen molar-refractivity contribution in [2.75, 3.05) is 19.0 Å². The highest BCUT2D eigenvalue weighted by Crippen LogP contribution is 2.26. The minimum absolute atomic E-state index is 0.108. The van der Waals surface area contributed by atoms with E-state index >= 15 is 0 Å². The third-order valence-electron chi connectivity index (χ3n) is 3.46. The van der Waals surface area contributed by atoms with Crippen LogP contribution in [0.5, 0.6) is 5.75 Å². The predicted octanol–water partition coefficient (Wildman–Crippen LogP) is 2.30. The van der Waals surface area contributed by atoms with Gasteiger partial charge in [-0.1, -0.05) is 0 Å². The van der Waals surface area contributed by atoms with Crippen LogP contribution in [0.25, 0.3) is 0 Å². The van der Waals surface area contributed by atoms with Crippen molar-refractivity contribution in [3.8, 4) is 5.75 Å². The molecule has 6 heteroatoms. The average Bonchev–Trinajstić information content (AvgIpc) is 2.38. The van der Waals surface area contributed by atoms with Gasteiger partial charge in [-0.15, -0.1) is 0 Å². The minimum Gasteiger partial charge on any atom is -0.491 e. The molecule has 1 aliphatic rings. The Bertz CT molecular complexity index is 485. The van der Waals surface area contributed by atoms with E-state index in [1.807, 2.05) is 6.92 Å². The zero-order valence-electron chi connectivity index (χ0n) is 11.5. The van der Waals surface area contributed by atoms with Gasteiger partial charge in [0, 0.05) is 29.8 Å². The highest BCUT2D eigenvalue weighted by Gasteiger charge is 2.25. The lowest BCUT2D eigenvalue weighted by molar-refractivity contribution is -0.120. The fraction of sp³-hybridized carbons (Fsp3) is 0.500. The van der Waals surface area contributed by atoms with Gasteiger partial charge in [0.1, 0.15) is 0 Å². The van der Waals surface area contributed by atoms with E-state index in [1.165, 1.54) is 7.11 Å². The Morgan fingerprint density at radius 2 is 2.05 bits per heavy atom. The number of hydrogen-bond donors (Lipinski definition) is 2. The Morgan fingerprint density at radius 3 is 2.60 bits per heavy atom. The third-order valence-corrected chi connectivity index (χ3v) is 3.46. The standard InChI is InChI=1S/C14H18F2N2O2/c1-8-5-9(3-4-17-8)14(19)18-10-6-11(15)13(20-2)12(16)7-10/h6-9,17H,3-5H2,1-2H3,(H,18,19)/t8-,9-/m0/s1. The molecule has 0 spiro atoms. The second-order valence-corrected chi connectivity index (χ2v) is 5.04. The molecule has 20 heavy (non-hydrogen) atoms. The van der Waals surface area contributed by atoms with Crippen molar-refractivity contribution in [1.82, 2.24) is 5.32 Å². The number of halogens is 2. The number of rotatable bonds is 3. The molecule has 1 saturated heterocycles. The van der Waals surface area contributed by atoms with Crippen LogP contribution in [0.15, 0.2) is 12.1 Å². The van der Waals surface area contributed by atoms with E-state index in [9.17, 15) is 13.6 Å². The number of anilines is 1. The summed E-state index contributed by atoms with van der Waals surface area (Å²) in [5, 5.41) is 5.81. The van der Waals surface area contributed by atoms with E-state index in [1.54, 1.807) is 0 Å². The smallest absolute Gasteiger partial charge is 0.227 e. The average molecular weight is 284 g/mol. The van der Waals surface area contributed by atoms with Gasteiger partial charge in [-0.3, -0.25) is 4.79 Å². The first-order chi connectivity index (χ1) is 9.51. The normalized spacial score (nSPS) is 22.4. The summed E-state index contributed by atoms with van der Waals surface area (Å²) in [6, 6.07) is 2.39. The van der Waals surface area contributed by atoms with Crippen molar-refractivity contribution in [2.24, 2.45) is 5.92 Å². The van der Waals surface area contributed by atoms with Gasteiger partial charge in [-0.2, -0.15) is 0 Å². The Kier molecular flexibility index (Phi) is 4.54. The van der Waals surface area contributed by atoms with Crippen molar-refractivity contribution in [2.45, 2.75) is 25.8 Å². The summed E-state index contributed by atoms with van der Waals surface area (Å²) < 4.78 is 31.7. The zero-order chi connectivity index (χ0) is 14.7. The molecule has 0 aliphatic carbocycles. The molecule has 110 valence electrons. The maximum Gasteiger partial charge on any atom is 0.227 e. The topological polar surface area (TPSA) is 50.4 Å². The quantitative estimate of drug-likeness (QED) is 0.895. The zero-order valence-corrected chi connectivity index (χ0v) is 11.5. The van der Waals surface area contributed by atoms with E-state index in [4.69, 9.17) is 0 Å². The van der Waals surface area contributed by atoms with Crippen molar-refractivity contribution < 1.29 is 18.3 Å². The van der Waals surface area contributed by atoms with Crippen LogP contribution >= 0.6 is 0 Å². The molecule has 1 aromatic rings. The van der Waals surface area contributed by atoms with E-state index in [-0.39, 0.29) is 23.6 Å². The molecular formula is C14H18F2N2O2. The molecule has 4 nitrogen and oxygen atoms in total. The molecule has 1 aliphatic heterocycles. The fourth-order valence-corrected chi connectivity index (χ4v) is 2.44. The van der Waals surface area contributed by atoms with Gasteiger partial charge in [0.25, 0.3) is 0 Å². The van der Waals surface area contributed by atoms with Crippen LogP contribution in [0.1, 0.15) is 19.8 Å². The molecule has 0 saturated carbocycles. The monoisotopic (exact) mass is 284 g/mol. The van der Waals surface area contributed by atoms with E-state index in [0.29, 0.717) is 6.42 Å². The van der Waals surface area contributed by atoms with E-state index < -0.39 is 17.4 Å². The first-order valence-electron chi connectivity index (χ1n) is 6.58. The number of amides is 1. The van der Waals surface area contributed by atoms with Crippen LogP contribution in [0.4, 0.5) is 14.5 Å². The van der Waals surface area contributed by atoms with Crippen molar-refractivity contribution in [3.63, 3.8) is 0 Å². The molecule has 1 aromatic carbocycles. The molecule has 2 rings (SSSR count). The molecule has 1 fully saturated rings. The SMILES string of the molecule is COc1c(F)cc(NC(=O)[C@H]2CCN[C@@H](C)C2)cc1F. The number of ether oxygens (including phenoxy) is 1. The number of nitrogens with one attached hydrogen (secondary N) is 2. The summed E-state index contributed by atoms with van der Waals surface area (Å²) in [6.45, 7) is 2.77. The molecule has 0 unspecified atom stereocenters. The summed E-state index contributed by atoms with van der Waals surface area (Å²) >= 11 is 0. The van der Waals surface area contributed by atoms with Gasteiger partial charge in [-0.25, -0.2) is 8.78 Å². The molecule has 0 bridgehead atoms. The van der Waals surface area contributed by atoms with Crippen LogP contribution in [0.3, 0.4) is 0 Å². The Balaban J connectivity index is 2.08. The first-order valence-corrected chi connectivity index (χ1v) is 6.58. The van der Waals surface area contributed by atoms with Crippen LogP contribution < -0.4 is 15.4 Å². The van der Waals surface area contributed by atoms with Crippen molar-refractivity contribution in [1.29, 1.82) is 0 Å². The maximum atomic E-state index is 13.5. The summed E-state index contributed by atoms with van der Waals surface area (Å²) in [6.07, 6.45) is 1.43. The fourth-order valence-electron chi connectivity index (χ4n) is 2.44. The van der Waals surface area contributed by atoms with Gasteiger partial charge in [0.05, 0.1) is 7.11 Å². The molecule has 1 heterocycles. The number of hydrogen-bond acceptors (Lipinski definition) is 3. The van der Waals surface area contributed by atoms with Gasteiger partial charge in [0.2, 0.25) is 5.91 Å². The van der Waals surface area contributed by atoms with Gasteiger partial charge < -0.3 is 15.4 Å². The van der Waals surface area contributed by atoms with Crippen LogP contribution in [0, 0.1) is 17.6 Å². The van der Waals surface area contributed by atoms with E-state index in [2.05, 4.69) is 15.4 Å². The molecule has 2 atom stereocenters. The summed E-state index contributed by atoms with van der Waals surface area (Å²) in [5.74, 6) is -2.46. The maximum absolute atomic E-state index is 13.5. The van der Waals surface area contributed by atoms with Crippen molar-refractivity contribution in [3.05, 3.63) is 23.8 Å². The predicted molar refractivity (Wildman–Crippen MR) is 71.7 cm³/mol. The molecule has 2 N–H and O–H groups in total. The largest absolute Gasteiger partial charge is 0.491 e. The number of carbonyl (C=O) groups is 1. The molecule has 0 aromatic heterocycles. The Morgan fingerprint density at radius 1 is 1.40 bits per heavy atom. The second kappa shape index (κ2) is 6.17.